The third-order valence-electron chi connectivity index (χ3n) is 2.63. The van der Waals surface area contributed by atoms with Crippen LogP contribution in [0.4, 0.5) is 0 Å². The van der Waals surface area contributed by atoms with E-state index in [9.17, 15) is 4.21 Å². The maximum atomic E-state index is 11.2. The van der Waals surface area contributed by atoms with Gasteiger partial charge in [0.2, 0.25) is 0 Å². The zero-order valence-electron chi connectivity index (χ0n) is 10.7. The number of hydrogen-bond donors (Lipinski definition) is 1. The predicted octanol–water partition coefficient (Wildman–Crippen LogP) is 0.330. The Kier molecular flexibility index (Phi) is 6.28. The van der Waals surface area contributed by atoms with Crippen molar-refractivity contribution in [2.75, 3.05) is 12.8 Å². The van der Waals surface area contributed by atoms with E-state index in [-0.39, 0.29) is 5.25 Å². The van der Waals surface area contributed by atoms with Crippen molar-refractivity contribution in [1.29, 1.82) is 0 Å². The van der Waals surface area contributed by atoms with Gasteiger partial charge in [0.05, 0.1) is 6.54 Å². The van der Waals surface area contributed by atoms with Crippen LogP contribution in [0.3, 0.4) is 0 Å². The topological polar surface area (TPSA) is 72.7 Å². The molecule has 0 fully saturated rings. The minimum atomic E-state index is -0.783. The summed E-state index contributed by atoms with van der Waals surface area (Å²) in [6.07, 6.45) is 3.65. The van der Waals surface area contributed by atoms with Gasteiger partial charge in [0.1, 0.15) is 0 Å². The lowest BCUT2D eigenvalue weighted by molar-refractivity contribution is 0.517. The lowest BCUT2D eigenvalue weighted by Crippen LogP contribution is -2.20. The highest BCUT2D eigenvalue weighted by molar-refractivity contribution is 7.84. The van der Waals surface area contributed by atoms with Crippen LogP contribution in [0.25, 0.3) is 0 Å². The van der Waals surface area contributed by atoms with E-state index in [0.717, 1.165) is 31.8 Å². The zero-order chi connectivity index (χ0) is 12.7. The third-order valence-corrected chi connectivity index (χ3v) is 4.00. The molecule has 1 heterocycles. The standard InChI is InChI=1S/C10H21N5OS/c1-4-6-11-8-10-12-13-14-15(10)7-5-9(2)17(3)16/h9,11H,4-8H2,1-3H3. The molecule has 7 heteroatoms. The van der Waals surface area contributed by atoms with Crippen LogP contribution in [-0.2, 0) is 23.9 Å². The molecule has 0 aliphatic heterocycles. The van der Waals surface area contributed by atoms with Crippen molar-refractivity contribution in [3.05, 3.63) is 5.82 Å². The molecule has 0 spiro atoms. The first-order valence-electron chi connectivity index (χ1n) is 5.93. The summed E-state index contributed by atoms with van der Waals surface area (Å²) >= 11 is 0. The third kappa shape index (κ3) is 4.91. The Morgan fingerprint density at radius 1 is 1.53 bits per heavy atom. The fourth-order valence-electron chi connectivity index (χ4n) is 1.37. The van der Waals surface area contributed by atoms with Crippen LogP contribution >= 0.6 is 0 Å². The molecule has 0 aliphatic rings. The molecule has 0 saturated heterocycles. The van der Waals surface area contributed by atoms with Gasteiger partial charge in [0.15, 0.2) is 5.82 Å². The highest BCUT2D eigenvalue weighted by Crippen LogP contribution is 2.02. The SMILES string of the molecule is CCCNCc1nnnn1CCC(C)S(C)=O. The second-order valence-electron chi connectivity index (χ2n) is 4.09. The van der Waals surface area contributed by atoms with E-state index in [1.54, 1.807) is 10.9 Å². The lowest BCUT2D eigenvalue weighted by atomic mass is 10.3. The molecule has 1 aromatic rings. The molecular weight excluding hydrogens is 238 g/mol. The van der Waals surface area contributed by atoms with Crippen molar-refractivity contribution in [2.24, 2.45) is 0 Å². The van der Waals surface area contributed by atoms with Crippen molar-refractivity contribution in [1.82, 2.24) is 25.5 Å². The summed E-state index contributed by atoms with van der Waals surface area (Å²) in [5, 5.41) is 15.0. The van der Waals surface area contributed by atoms with Gasteiger partial charge >= 0.3 is 0 Å². The number of nitrogens with one attached hydrogen (secondary N) is 1. The van der Waals surface area contributed by atoms with Gasteiger partial charge in [-0.25, -0.2) is 4.68 Å². The van der Waals surface area contributed by atoms with Gasteiger partial charge < -0.3 is 5.32 Å². The Bertz CT molecular complexity index is 354. The molecule has 6 nitrogen and oxygen atoms in total. The van der Waals surface area contributed by atoms with E-state index >= 15 is 0 Å². The number of aromatic nitrogens is 4. The first kappa shape index (κ1) is 14.2. The summed E-state index contributed by atoms with van der Waals surface area (Å²) in [4.78, 5) is 0. The summed E-state index contributed by atoms with van der Waals surface area (Å²) in [6.45, 7) is 6.47. The van der Waals surface area contributed by atoms with Gasteiger partial charge in [-0.05, 0) is 29.8 Å². The average molecular weight is 259 g/mol. The molecule has 0 bridgehead atoms. The average Bonchev–Trinajstić information content (AvgIpc) is 2.74. The van der Waals surface area contributed by atoms with E-state index in [2.05, 4.69) is 27.8 Å². The highest BCUT2D eigenvalue weighted by Gasteiger charge is 2.09. The lowest BCUT2D eigenvalue weighted by Gasteiger charge is -2.09. The number of rotatable bonds is 8. The van der Waals surface area contributed by atoms with E-state index in [1.807, 2.05) is 6.92 Å². The fourth-order valence-corrected chi connectivity index (χ4v) is 1.81. The molecule has 17 heavy (non-hydrogen) atoms. The molecule has 1 aromatic heterocycles. The molecule has 0 radical (unpaired) electrons. The minimum Gasteiger partial charge on any atom is -0.310 e. The molecular formula is C10H21N5OS. The monoisotopic (exact) mass is 259 g/mol. The normalized spacial score (nSPS) is 14.8. The minimum absolute atomic E-state index is 0.177. The Morgan fingerprint density at radius 2 is 2.29 bits per heavy atom. The summed E-state index contributed by atoms with van der Waals surface area (Å²) in [6, 6.07) is 0. The summed E-state index contributed by atoms with van der Waals surface area (Å²) in [7, 11) is -0.783. The van der Waals surface area contributed by atoms with Gasteiger partial charge in [0.25, 0.3) is 0 Å². The van der Waals surface area contributed by atoms with E-state index in [4.69, 9.17) is 0 Å². The van der Waals surface area contributed by atoms with Gasteiger partial charge in [-0.1, -0.05) is 13.8 Å². The molecule has 98 valence electrons. The molecule has 2 unspecified atom stereocenters. The molecule has 0 amide bonds. The first-order chi connectivity index (χ1) is 8.15. The molecule has 0 saturated carbocycles. The zero-order valence-corrected chi connectivity index (χ0v) is 11.5. The Hall–Kier alpha value is -0.820. The van der Waals surface area contributed by atoms with Crippen LogP contribution in [0.1, 0.15) is 32.5 Å². The molecule has 1 N–H and O–H groups in total. The van der Waals surface area contributed by atoms with Crippen molar-refractivity contribution in [3.8, 4) is 0 Å². The van der Waals surface area contributed by atoms with Gasteiger partial charge in [-0.3, -0.25) is 4.21 Å². The van der Waals surface area contributed by atoms with Crippen molar-refractivity contribution in [3.63, 3.8) is 0 Å². The van der Waals surface area contributed by atoms with E-state index in [1.165, 1.54) is 0 Å². The van der Waals surface area contributed by atoms with Crippen LogP contribution in [0.15, 0.2) is 0 Å². The Labute approximate surface area is 105 Å². The summed E-state index contributed by atoms with van der Waals surface area (Å²) in [5.41, 5.74) is 0. The maximum absolute atomic E-state index is 11.2. The van der Waals surface area contributed by atoms with Crippen LogP contribution in [0.5, 0.6) is 0 Å². The summed E-state index contributed by atoms with van der Waals surface area (Å²) in [5.74, 6) is 0.840. The molecule has 1 rings (SSSR count). The van der Waals surface area contributed by atoms with Crippen molar-refractivity contribution in [2.45, 2.75) is 45.0 Å². The van der Waals surface area contributed by atoms with Crippen LogP contribution in [-0.4, -0.2) is 42.5 Å². The van der Waals surface area contributed by atoms with E-state index < -0.39 is 10.8 Å². The molecule has 0 aliphatic carbocycles. The van der Waals surface area contributed by atoms with Gasteiger partial charge in [0, 0.05) is 28.9 Å². The fraction of sp³-hybridized carbons (Fsp3) is 0.900. The maximum Gasteiger partial charge on any atom is 0.165 e. The number of hydrogen-bond acceptors (Lipinski definition) is 5. The highest BCUT2D eigenvalue weighted by atomic mass is 32.2. The van der Waals surface area contributed by atoms with Crippen LogP contribution in [0, 0.1) is 0 Å². The Balaban J connectivity index is 2.42. The van der Waals surface area contributed by atoms with Crippen LogP contribution in [0.2, 0.25) is 0 Å². The second-order valence-corrected chi connectivity index (χ2v) is 5.89. The van der Waals surface area contributed by atoms with Crippen molar-refractivity contribution >= 4 is 10.8 Å². The smallest absolute Gasteiger partial charge is 0.165 e. The number of aryl methyl sites for hydroxylation is 1. The Morgan fingerprint density at radius 3 is 2.94 bits per heavy atom. The van der Waals surface area contributed by atoms with E-state index in [0.29, 0.717) is 6.54 Å². The molecule has 2 atom stereocenters. The van der Waals surface area contributed by atoms with Crippen molar-refractivity contribution < 1.29 is 4.21 Å². The van der Waals surface area contributed by atoms with Gasteiger partial charge in [-0.2, -0.15) is 0 Å². The van der Waals surface area contributed by atoms with Crippen LogP contribution < -0.4 is 5.32 Å². The summed E-state index contributed by atoms with van der Waals surface area (Å²) < 4.78 is 13.0. The number of nitrogens with zero attached hydrogens (tertiary/aromatic N) is 4. The van der Waals surface area contributed by atoms with Gasteiger partial charge in [-0.15, -0.1) is 5.10 Å². The second kappa shape index (κ2) is 7.50. The first-order valence-corrected chi connectivity index (χ1v) is 7.55. The molecule has 0 aromatic carbocycles. The largest absolute Gasteiger partial charge is 0.310 e. The number of tetrazole rings is 1. The predicted molar refractivity (Wildman–Crippen MR) is 68.0 cm³/mol. The quantitative estimate of drug-likeness (QED) is 0.681.